The van der Waals surface area contributed by atoms with Crippen molar-refractivity contribution < 1.29 is 22.4 Å². The van der Waals surface area contributed by atoms with Crippen LogP contribution < -0.4 is 0 Å². The molecule has 3 rings (SSSR count). The summed E-state index contributed by atoms with van der Waals surface area (Å²) in [6, 6.07) is 0. The van der Waals surface area contributed by atoms with Gasteiger partial charge in [0.15, 0.2) is 0 Å². The highest BCUT2D eigenvalue weighted by molar-refractivity contribution is 6.32. The first-order valence-corrected chi connectivity index (χ1v) is 8.94. The van der Waals surface area contributed by atoms with Gasteiger partial charge in [0.1, 0.15) is 17.9 Å². The zero-order chi connectivity index (χ0) is 20.4. The number of carbonyl (C=O) groups excluding carboxylic acids is 1. The predicted molar refractivity (Wildman–Crippen MR) is 92.2 cm³/mol. The van der Waals surface area contributed by atoms with Crippen molar-refractivity contribution in [2.24, 2.45) is 7.05 Å². The molecule has 7 nitrogen and oxygen atoms in total. The molecule has 1 saturated heterocycles. The Morgan fingerprint density at radius 3 is 2.39 bits per heavy atom. The molecule has 0 spiro atoms. The molecule has 0 atom stereocenters. The summed E-state index contributed by atoms with van der Waals surface area (Å²) in [5.74, 6) is -0.470. The minimum atomic E-state index is -3.11. The summed E-state index contributed by atoms with van der Waals surface area (Å²) in [6.07, 6.45) is -2.54. The number of aromatic nitrogens is 4. The van der Waals surface area contributed by atoms with Gasteiger partial charge in [0, 0.05) is 51.5 Å². The number of hydrogen-bond acceptors (Lipinski definition) is 4. The van der Waals surface area contributed by atoms with Crippen molar-refractivity contribution in [1.82, 2.24) is 29.4 Å². The first kappa shape index (κ1) is 20.6. The van der Waals surface area contributed by atoms with Gasteiger partial charge in [0.2, 0.25) is 5.91 Å². The van der Waals surface area contributed by atoms with Crippen LogP contribution in [0, 0.1) is 0 Å². The zero-order valence-corrected chi connectivity index (χ0v) is 15.8. The average molecular weight is 423 g/mol. The number of halogens is 5. The maximum absolute atomic E-state index is 13.2. The van der Waals surface area contributed by atoms with Gasteiger partial charge in [-0.2, -0.15) is 10.2 Å². The molecule has 0 radical (unpaired) electrons. The molecule has 3 heterocycles. The summed E-state index contributed by atoms with van der Waals surface area (Å²) in [4.78, 5) is 16.1. The molecule has 154 valence electrons. The van der Waals surface area contributed by atoms with Crippen LogP contribution in [0.1, 0.15) is 29.8 Å². The molecule has 1 aliphatic heterocycles. The highest BCUT2D eigenvalue weighted by Gasteiger charge is 2.30. The van der Waals surface area contributed by atoms with Crippen molar-refractivity contribution in [2.45, 2.75) is 25.9 Å². The van der Waals surface area contributed by atoms with Crippen LogP contribution in [-0.2, 0) is 24.9 Å². The van der Waals surface area contributed by atoms with E-state index in [2.05, 4.69) is 15.1 Å². The van der Waals surface area contributed by atoms with Crippen molar-refractivity contribution in [3.8, 4) is 0 Å². The predicted octanol–water partition coefficient (Wildman–Crippen LogP) is 2.49. The molecular weight excluding hydrogens is 404 g/mol. The smallest absolute Gasteiger partial charge is 0.283 e. The van der Waals surface area contributed by atoms with E-state index in [1.165, 1.54) is 4.90 Å². The van der Waals surface area contributed by atoms with Crippen molar-refractivity contribution in [3.63, 3.8) is 0 Å². The fourth-order valence-electron chi connectivity index (χ4n) is 3.14. The van der Waals surface area contributed by atoms with Crippen LogP contribution in [0.5, 0.6) is 0 Å². The fourth-order valence-corrected chi connectivity index (χ4v) is 3.44. The highest BCUT2D eigenvalue weighted by atomic mass is 35.5. The van der Waals surface area contributed by atoms with Gasteiger partial charge in [0.25, 0.3) is 12.9 Å². The maximum atomic E-state index is 13.2. The van der Waals surface area contributed by atoms with Crippen molar-refractivity contribution in [1.29, 1.82) is 0 Å². The number of piperazine rings is 1. The van der Waals surface area contributed by atoms with Gasteiger partial charge in [-0.15, -0.1) is 0 Å². The fraction of sp³-hybridized carbons (Fsp3) is 0.562. The van der Waals surface area contributed by atoms with Crippen LogP contribution >= 0.6 is 11.6 Å². The number of carbonyl (C=O) groups is 1. The Labute approximate surface area is 163 Å². The van der Waals surface area contributed by atoms with Crippen molar-refractivity contribution in [3.05, 3.63) is 34.4 Å². The molecule has 2 aromatic heterocycles. The number of alkyl halides is 4. The van der Waals surface area contributed by atoms with Crippen LogP contribution in [-0.4, -0.2) is 61.4 Å². The third-order valence-electron chi connectivity index (χ3n) is 4.54. The minimum Gasteiger partial charge on any atom is -0.339 e. The number of aryl methyl sites for hydroxylation is 1. The molecule has 0 aromatic carbocycles. The van der Waals surface area contributed by atoms with Crippen LogP contribution in [0.3, 0.4) is 0 Å². The van der Waals surface area contributed by atoms with Crippen LogP contribution in [0.15, 0.2) is 12.4 Å². The molecule has 0 saturated carbocycles. The summed E-state index contributed by atoms with van der Waals surface area (Å²) in [5.41, 5.74) is -0.749. The monoisotopic (exact) mass is 422 g/mol. The van der Waals surface area contributed by atoms with E-state index in [0.717, 1.165) is 5.56 Å². The summed E-state index contributed by atoms with van der Waals surface area (Å²) in [6.45, 7) is 2.14. The average Bonchev–Trinajstić information content (AvgIpc) is 3.18. The molecule has 12 heteroatoms. The van der Waals surface area contributed by atoms with E-state index < -0.39 is 41.7 Å². The van der Waals surface area contributed by atoms with Crippen molar-refractivity contribution >= 4 is 17.5 Å². The van der Waals surface area contributed by atoms with Gasteiger partial charge in [-0.25, -0.2) is 17.6 Å². The first-order chi connectivity index (χ1) is 13.3. The van der Waals surface area contributed by atoms with Gasteiger partial charge in [-0.3, -0.25) is 19.1 Å². The second-order valence-electron chi connectivity index (χ2n) is 6.52. The molecule has 1 aliphatic rings. The normalized spacial score (nSPS) is 15.8. The van der Waals surface area contributed by atoms with E-state index in [4.69, 9.17) is 11.6 Å². The third-order valence-corrected chi connectivity index (χ3v) is 4.93. The number of rotatable bonds is 6. The van der Waals surface area contributed by atoms with Crippen LogP contribution in [0.4, 0.5) is 17.6 Å². The highest BCUT2D eigenvalue weighted by Crippen LogP contribution is 2.34. The summed E-state index contributed by atoms with van der Waals surface area (Å²) >= 11 is 5.60. The standard InChI is InChI=1S/C16H19ClF4N6O/c1-24-7-10(6-22-24)8-25-2-4-26(5-3-25)11(28)9-27-14(16(20)21)12(17)13(23-27)15(18)19/h6-7,15-16H,2-5,8-9H2,1H3. The van der Waals surface area contributed by atoms with E-state index in [1.54, 1.807) is 10.9 Å². The second-order valence-corrected chi connectivity index (χ2v) is 6.90. The Balaban J connectivity index is 1.61. The van der Waals surface area contributed by atoms with E-state index in [0.29, 0.717) is 37.4 Å². The molecule has 0 N–H and O–H groups in total. The number of hydrogen-bond donors (Lipinski definition) is 0. The topological polar surface area (TPSA) is 59.2 Å². The van der Waals surface area contributed by atoms with Crippen molar-refractivity contribution in [2.75, 3.05) is 26.2 Å². The van der Waals surface area contributed by atoms with Gasteiger partial charge in [-0.1, -0.05) is 11.6 Å². The Hall–Kier alpha value is -2.14. The van der Waals surface area contributed by atoms with Gasteiger partial charge >= 0.3 is 0 Å². The summed E-state index contributed by atoms with van der Waals surface area (Å²) in [7, 11) is 1.83. The minimum absolute atomic E-state index is 0.403. The first-order valence-electron chi connectivity index (χ1n) is 8.56. The quantitative estimate of drug-likeness (QED) is 0.671. The van der Waals surface area contributed by atoms with Gasteiger partial charge < -0.3 is 4.90 Å². The summed E-state index contributed by atoms with van der Waals surface area (Å²) < 4.78 is 54.4. The van der Waals surface area contributed by atoms with Gasteiger partial charge in [0.05, 0.1) is 11.2 Å². The SMILES string of the molecule is Cn1cc(CN2CCN(C(=O)Cn3nc(C(F)F)c(Cl)c3C(F)F)CC2)cn1. The Bertz CT molecular complexity index is 831. The molecule has 2 aromatic rings. The summed E-state index contributed by atoms with van der Waals surface area (Å²) in [5, 5.41) is 6.74. The molecule has 28 heavy (non-hydrogen) atoms. The largest absolute Gasteiger partial charge is 0.339 e. The van der Waals surface area contributed by atoms with E-state index in [9.17, 15) is 22.4 Å². The van der Waals surface area contributed by atoms with Gasteiger partial charge in [-0.05, 0) is 0 Å². The molecule has 0 unspecified atom stereocenters. The van der Waals surface area contributed by atoms with Crippen LogP contribution in [0.25, 0.3) is 0 Å². The number of nitrogens with zero attached hydrogens (tertiary/aromatic N) is 6. The Morgan fingerprint density at radius 1 is 1.18 bits per heavy atom. The van der Waals surface area contributed by atoms with E-state index in [1.807, 2.05) is 13.2 Å². The molecule has 1 amide bonds. The van der Waals surface area contributed by atoms with Crippen LogP contribution in [0.2, 0.25) is 5.02 Å². The Kier molecular flexibility index (Phi) is 6.23. The number of amides is 1. The second kappa shape index (κ2) is 8.48. The van der Waals surface area contributed by atoms with E-state index >= 15 is 0 Å². The van der Waals surface area contributed by atoms with E-state index in [-0.39, 0.29) is 0 Å². The molecule has 0 bridgehead atoms. The third kappa shape index (κ3) is 4.46. The lowest BCUT2D eigenvalue weighted by molar-refractivity contribution is -0.134. The molecular formula is C16H19ClF4N6O. The Morgan fingerprint density at radius 2 is 1.86 bits per heavy atom. The maximum Gasteiger partial charge on any atom is 0.283 e. The zero-order valence-electron chi connectivity index (χ0n) is 15.0. The molecule has 0 aliphatic carbocycles. The lowest BCUT2D eigenvalue weighted by Crippen LogP contribution is -2.49. The lowest BCUT2D eigenvalue weighted by Gasteiger charge is -2.34. The lowest BCUT2D eigenvalue weighted by atomic mass is 10.2. The molecule has 1 fully saturated rings.